The van der Waals surface area contributed by atoms with Crippen LogP contribution in [0.15, 0.2) is 48.0 Å². The molecule has 2 heterocycles. The van der Waals surface area contributed by atoms with E-state index in [1.165, 1.54) is 0 Å². The van der Waals surface area contributed by atoms with Crippen LogP contribution in [0.3, 0.4) is 0 Å². The van der Waals surface area contributed by atoms with Crippen molar-refractivity contribution in [1.82, 2.24) is 9.80 Å². The summed E-state index contributed by atoms with van der Waals surface area (Å²) in [6.45, 7) is 1.59. The van der Waals surface area contributed by atoms with Crippen molar-refractivity contribution in [2.45, 2.75) is 12.5 Å². The van der Waals surface area contributed by atoms with E-state index in [0.29, 0.717) is 25.3 Å². The van der Waals surface area contributed by atoms with Gasteiger partial charge in [-0.05, 0) is 55.6 Å². The lowest BCUT2D eigenvalue weighted by atomic mass is 9.94. The van der Waals surface area contributed by atoms with Gasteiger partial charge in [0.05, 0.1) is 18.2 Å². The first-order valence-corrected chi connectivity index (χ1v) is 10.7. The maximum Gasteiger partial charge on any atom is 0.295 e. The van der Waals surface area contributed by atoms with Crippen molar-refractivity contribution in [3.05, 3.63) is 64.7 Å². The lowest BCUT2D eigenvalue weighted by Gasteiger charge is -2.27. The molecule has 0 radical (unpaired) electrons. The number of hydrogen-bond donors (Lipinski definition) is 1. The number of aliphatic hydroxyl groups excluding tert-OH is 1. The maximum absolute atomic E-state index is 13.1. The number of benzene rings is 2. The highest BCUT2D eigenvalue weighted by atomic mass is 16.5. The fourth-order valence-corrected chi connectivity index (χ4v) is 4.21. The van der Waals surface area contributed by atoms with Crippen LogP contribution in [0, 0.1) is 0 Å². The Bertz CT molecular complexity index is 1070. The van der Waals surface area contributed by atoms with Crippen molar-refractivity contribution in [3.8, 4) is 5.75 Å². The van der Waals surface area contributed by atoms with E-state index in [-0.39, 0.29) is 11.3 Å². The third-order valence-corrected chi connectivity index (χ3v) is 6.02. The van der Waals surface area contributed by atoms with Crippen LogP contribution < -0.4 is 9.64 Å². The summed E-state index contributed by atoms with van der Waals surface area (Å²) in [4.78, 5) is 31.6. The van der Waals surface area contributed by atoms with Gasteiger partial charge in [-0.15, -0.1) is 0 Å². The zero-order valence-corrected chi connectivity index (χ0v) is 19.0. The fraction of sp³-hybridized carbons (Fsp3) is 0.360. The Morgan fingerprint density at radius 1 is 1.09 bits per heavy atom. The highest BCUT2D eigenvalue weighted by Gasteiger charge is 2.46. The summed E-state index contributed by atoms with van der Waals surface area (Å²) in [5.74, 6) is -0.588. The van der Waals surface area contributed by atoms with Gasteiger partial charge >= 0.3 is 0 Å². The van der Waals surface area contributed by atoms with Gasteiger partial charge in [-0.25, -0.2) is 0 Å². The minimum atomic E-state index is -0.653. The van der Waals surface area contributed by atoms with Crippen molar-refractivity contribution in [3.63, 3.8) is 0 Å². The summed E-state index contributed by atoms with van der Waals surface area (Å²) in [5, 5.41) is 11.2. The average Bonchev–Trinajstić information content (AvgIpc) is 3.34. The van der Waals surface area contributed by atoms with E-state index in [0.717, 1.165) is 29.0 Å². The van der Waals surface area contributed by atoms with Gasteiger partial charge in [0, 0.05) is 44.9 Å². The Morgan fingerprint density at radius 3 is 2.47 bits per heavy atom. The van der Waals surface area contributed by atoms with Crippen LogP contribution in [0.1, 0.15) is 22.7 Å². The monoisotopic (exact) mass is 435 g/mol. The Labute approximate surface area is 188 Å². The van der Waals surface area contributed by atoms with Gasteiger partial charge in [0.25, 0.3) is 11.7 Å². The molecule has 32 heavy (non-hydrogen) atoms. The van der Waals surface area contributed by atoms with Crippen molar-refractivity contribution < 1.29 is 19.4 Å². The first kappa shape index (κ1) is 21.9. The second-order valence-electron chi connectivity index (χ2n) is 8.70. The molecule has 0 saturated carbocycles. The van der Waals surface area contributed by atoms with Crippen LogP contribution in [0.2, 0.25) is 0 Å². The van der Waals surface area contributed by atoms with Crippen LogP contribution in [0.5, 0.6) is 5.75 Å². The maximum atomic E-state index is 13.1. The lowest BCUT2D eigenvalue weighted by Crippen LogP contribution is -2.35. The predicted octanol–water partition coefficient (Wildman–Crippen LogP) is 2.67. The molecule has 2 aromatic rings. The van der Waals surface area contributed by atoms with Crippen molar-refractivity contribution in [2.24, 2.45) is 0 Å². The molecule has 2 aromatic carbocycles. The summed E-state index contributed by atoms with van der Waals surface area (Å²) in [6, 6.07) is 12.5. The van der Waals surface area contributed by atoms with E-state index in [1.54, 1.807) is 17.0 Å². The summed E-state index contributed by atoms with van der Waals surface area (Å²) >= 11 is 0. The summed E-state index contributed by atoms with van der Waals surface area (Å²) < 4.78 is 5.55. The Morgan fingerprint density at radius 2 is 1.81 bits per heavy atom. The largest absolute Gasteiger partial charge is 0.507 e. The summed E-state index contributed by atoms with van der Waals surface area (Å²) in [5.41, 5.74) is 3.44. The standard InChI is InChI=1S/C25H29N3O4/c1-26(2)12-13-28-22(16-5-8-19(9-6-16)27(3)4)21(24(30)25(28)31)23(29)18-7-10-20-17(15-18)11-14-32-20/h5-10,15,22,29H,11-14H2,1-4H3/b23-21-. The number of Topliss-reactive ketones (excluding diaryl/α,β-unsaturated/α-hetero) is 1. The lowest BCUT2D eigenvalue weighted by molar-refractivity contribution is -0.140. The van der Waals surface area contributed by atoms with Gasteiger partial charge in [-0.3, -0.25) is 9.59 Å². The molecular weight excluding hydrogens is 406 g/mol. The molecule has 1 N–H and O–H groups in total. The number of nitrogens with zero attached hydrogens (tertiary/aromatic N) is 3. The number of amides is 1. The van der Waals surface area contributed by atoms with E-state index in [2.05, 4.69) is 0 Å². The third kappa shape index (κ3) is 3.96. The van der Waals surface area contributed by atoms with E-state index >= 15 is 0 Å². The molecule has 168 valence electrons. The van der Waals surface area contributed by atoms with Gasteiger partial charge in [0.15, 0.2) is 0 Å². The minimum absolute atomic E-state index is 0.130. The number of ether oxygens (including phenoxy) is 1. The van der Waals surface area contributed by atoms with Crippen LogP contribution >= 0.6 is 0 Å². The molecule has 2 aliphatic rings. The second kappa shape index (κ2) is 8.67. The van der Waals surface area contributed by atoms with Crippen molar-refractivity contribution in [2.75, 3.05) is 52.8 Å². The zero-order chi connectivity index (χ0) is 23.0. The van der Waals surface area contributed by atoms with Gasteiger partial charge in [-0.2, -0.15) is 0 Å². The SMILES string of the molecule is CN(C)CCN1C(=O)C(=O)/C(=C(\O)c2ccc3c(c2)CCO3)C1c1ccc(N(C)C)cc1. The second-order valence-corrected chi connectivity index (χ2v) is 8.70. The summed E-state index contributed by atoms with van der Waals surface area (Å²) in [7, 11) is 7.75. The van der Waals surface area contributed by atoms with Crippen LogP contribution in [-0.4, -0.2) is 74.5 Å². The third-order valence-electron chi connectivity index (χ3n) is 6.02. The molecule has 1 atom stereocenters. The number of carbonyl (C=O) groups is 2. The van der Waals surface area contributed by atoms with Gasteiger partial charge in [-0.1, -0.05) is 12.1 Å². The zero-order valence-electron chi connectivity index (χ0n) is 19.0. The molecule has 1 unspecified atom stereocenters. The van der Waals surface area contributed by atoms with Crippen LogP contribution in [-0.2, 0) is 16.0 Å². The molecule has 1 amide bonds. The van der Waals surface area contributed by atoms with E-state index < -0.39 is 17.7 Å². The fourth-order valence-electron chi connectivity index (χ4n) is 4.21. The van der Waals surface area contributed by atoms with Gasteiger partial charge < -0.3 is 24.5 Å². The molecule has 0 bridgehead atoms. The molecule has 0 aromatic heterocycles. The minimum Gasteiger partial charge on any atom is -0.507 e. The predicted molar refractivity (Wildman–Crippen MR) is 124 cm³/mol. The Hall–Kier alpha value is -3.32. The highest BCUT2D eigenvalue weighted by molar-refractivity contribution is 6.46. The Kier molecular flexibility index (Phi) is 5.93. The van der Waals surface area contributed by atoms with Crippen molar-refractivity contribution in [1.29, 1.82) is 0 Å². The van der Waals surface area contributed by atoms with Gasteiger partial charge in [0.2, 0.25) is 0 Å². The number of rotatable bonds is 6. The van der Waals surface area contributed by atoms with E-state index in [9.17, 15) is 14.7 Å². The number of aliphatic hydroxyl groups is 1. The number of likely N-dealkylation sites (tertiary alicyclic amines) is 1. The molecule has 0 spiro atoms. The number of anilines is 1. The topological polar surface area (TPSA) is 73.3 Å². The quantitative estimate of drug-likeness (QED) is 0.427. The molecule has 1 saturated heterocycles. The first-order valence-electron chi connectivity index (χ1n) is 10.7. The summed E-state index contributed by atoms with van der Waals surface area (Å²) in [6.07, 6.45) is 0.753. The molecule has 1 fully saturated rings. The smallest absolute Gasteiger partial charge is 0.295 e. The Balaban J connectivity index is 1.81. The normalized spacial score (nSPS) is 19.4. The number of carbonyl (C=O) groups excluding carboxylic acids is 2. The molecule has 7 nitrogen and oxygen atoms in total. The number of hydrogen-bond acceptors (Lipinski definition) is 6. The van der Waals surface area contributed by atoms with Crippen LogP contribution in [0.25, 0.3) is 5.76 Å². The molecule has 7 heteroatoms. The molecule has 2 aliphatic heterocycles. The van der Waals surface area contributed by atoms with E-state index in [4.69, 9.17) is 4.74 Å². The van der Waals surface area contributed by atoms with Crippen LogP contribution in [0.4, 0.5) is 5.69 Å². The first-order chi connectivity index (χ1) is 15.3. The van der Waals surface area contributed by atoms with Gasteiger partial charge in [0.1, 0.15) is 11.5 Å². The molecule has 4 rings (SSSR count). The number of ketones is 1. The van der Waals surface area contributed by atoms with Crippen molar-refractivity contribution >= 4 is 23.1 Å². The molecular formula is C25H29N3O4. The average molecular weight is 436 g/mol. The molecule has 0 aliphatic carbocycles. The number of likely N-dealkylation sites (N-methyl/N-ethyl adjacent to an activating group) is 1. The highest BCUT2D eigenvalue weighted by Crippen LogP contribution is 2.40. The number of fused-ring (bicyclic) bond motifs is 1. The van der Waals surface area contributed by atoms with E-state index in [1.807, 2.05) is 68.3 Å².